The molecule has 0 saturated heterocycles. The van der Waals surface area contributed by atoms with E-state index in [1.165, 1.54) is 0 Å². The summed E-state index contributed by atoms with van der Waals surface area (Å²) >= 11 is 0. The average molecular weight is 427 g/mol. The van der Waals surface area contributed by atoms with Crippen LogP contribution in [0.3, 0.4) is 0 Å². The van der Waals surface area contributed by atoms with Crippen molar-refractivity contribution in [3.63, 3.8) is 0 Å². The number of pyridine rings is 2. The Labute approximate surface area is 178 Å². The van der Waals surface area contributed by atoms with Crippen molar-refractivity contribution in [3.05, 3.63) is 54.9 Å². The zero-order valence-corrected chi connectivity index (χ0v) is 18.0. The van der Waals surface area contributed by atoms with Gasteiger partial charge in [-0.1, -0.05) is 12.6 Å². The number of likely N-dealkylation sites (N-methyl/N-ethyl adjacent to an activating group) is 1. The van der Waals surface area contributed by atoms with E-state index in [0.29, 0.717) is 0 Å². The molecule has 0 amide bonds. The van der Waals surface area contributed by atoms with E-state index in [-0.39, 0.29) is 6.79 Å². The molecular weight excluding hydrogens is 404 g/mol. The maximum absolute atomic E-state index is 5.56. The maximum atomic E-state index is 5.56. The highest BCUT2D eigenvalue weighted by molar-refractivity contribution is 8.75. The predicted molar refractivity (Wildman–Crippen MR) is 121 cm³/mol. The van der Waals surface area contributed by atoms with Crippen LogP contribution in [0, 0.1) is 0 Å². The molecule has 1 aliphatic rings. The molecule has 0 atom stereocenters. The number of nitrogens with one attached hydrogen (secondary N) is 1. The maximum Gasteiger partial charge on any atom is 0.231 e. The quantitative estimate of drug-likeness (QED) is 0.395. The van der Waals surface area contributed by atoms with Crippen LogP contribution >= 0.6 is 21.8 Å². The van der Waals surface area contributed by atoms with E-state index in [9.17, 15) is 0 Å². The lowest BCUT2D eigenvalue weighted by atomic mass is 10.0. The van der Waals surface area contributed by atoms with E-state index >= 15 is 0 Å². The van der Waals surface area contributed by atoms with Crippen LogP contribution in [0.1, 0.15) is 12.5 Å². The summed E-state index contributed by atoms with van der Waals surface area (Å²) in [6, 6.07) is 9.85. The van der Waals surface area contributed by atoms with Crippen LogP contribution < -0.4 is 14.8 Å². The molecule has 29 heavy (non-hydrogen) atoms. The molecule has 3 aromatic rings. The first-order valence-corrected chi connectivity index (χ1v) is 11.3. The highest BCUT2D eigenvalue weighted by atomic mass is 33.1. The first kappa shape index (κ1) is 19.9. The number of rotatable bonds is 8. The van der Waals surface area contributed by atoms with Gasteiger partial charge in [-0.05, 0) is 59.5 Å². The first-order valence-electron chi connectivity index (χ1n) is 9.21. The van der Waals surface area contributed by atoms with Gasteiger partial charge in [0.25, 0.3) is 0 Å². The van der Waals surface area contributed by atoms with Crippen LogP contribution in [0.25, 0.3) is 16.5 Å². The highest BCUT2D eigenvalue weighted by Crippen LogP contribution is 2.39. The molecule has 0 spiro atoms. The van der Waals surface area contributed by atoms with Gasteiger partial charge < -0.3 is 14.8 Å². The minimum Gasteiger partial charge on any atom is -0.454 e. The Morgan fingerprint density at radius 3 is 2.83 bits per heavy atom. The number of aromatic nitrogens is 2. The van der Waals surface area contributed by atoms with Crippen molar-refractivity contribution in [1.29, 1.82) is 0 Å². The molecule has 150 valence electrons. The molecule has 0 unspecified atom stereocenters. The van der Waals surface area contributed by atoms with Crippen LogP contribution in [0.15, 0.2) is 54.3 Å². The van der Waals surface area contributed by atoms with Crippen LogP contribution in [0.2, 0.25) is 0 Å². The van der Waals surface area contributed by atoms with Gasteiger partial charge in [-0.25, -0.2) is 9.29 Å². The Hall–Kier alpha value is -2.42. The van der Waals surface area contributed by atoms with Crippen molar-refractivity contribution in [3.8, 4) is 11.5 Å². The van der Waals surface area contributed by atoms with Crippen LogP contribution in [0.4, 0.5) is 5.69 Å². The highest BCUT2D eigenvalue weighted by Gasteiger charge is 2.18. The van der Waals surface area contributed by atoms with Gasteiger partial charge in [-0.2, -0.15) is 0 Å². The average Bonchev–Trinajstić information content (AvgIpc) is 3.18. The van der Waals surface area contributed by atoms with Crippen molar-refractivity contribution < 1.29 is 9.47 Å². The fourth-order valence-electron chi connectivity index (χ4n) is 2.97. The zero-order valence-electron chi connectivity index (χ0n) is 16.3. The monoisotopic (exact) mass is 426 g/mol. The lowest BCUT2D eigenvalue weighted by Gasteiger charge is -2.18. The lowest BCUT2D eigenvalue weighted by molar-refractivity contribution is 0.174. The van der Waals surface area contributed by atoms with Gasteiger partial charge in [0, 0.05) is 42.5 Å². The summed E-state index contributed by atoms with van der Waals surface area (Å²) in [5, 5.41) is 5.59. The van der Waals surface area contributed by atoms with Crippen molar-refractivity contribution in [2.75, 3.05) is 32.2 Å². The summed E-state index contributed by atoms with van der Waals surface area (Å²) in [6.45, 7) is 7.98. The number of nitrogens with zero attached hydrogens (tertiary/aromatic N) is 3. The molecule has 6 nitrogen and oxygen atoms in total. The third-order valence-electron chi connectivity index (χ3n) is 4.44. The van der Waals surface area contributed by atoms with Gasteiger partial charge >= 0.3 is 0 Å². The number of allylic oxidation sites excluding steroid dienone is 1. The fourth-order valence-corrected chi connectivity index (χ4v) is 4.71. The largest absolute Gasteiger partial charge is 0.454 e. The second kappa shape index (κ2) is 8.94. The number of hydrogen-bond acceptors (Lipinski definition) is 8. The summed E-state index contributed by atoms with van der Waals surface area (Å²) in [5.41, 5.74) is 3.87. The number of benzene rings is 1. The van der Waals surface area contributed by atoms with Crippen LogP contribution in [0.5, 0.6) is 11.5 Å². The molecule has 0 fully saturated rings. The predicted octanol–water partition coefficient (Wildman–Crippen LogP) is 5.09. The van der Waals surface area contributed by atoms with Crippen molar-refractivity contribution in [2.45, 2.75) is 11.9 Å². The number of hydrogen-bond donors (Lipinski definition) is 1. The second-order valence-electron chi connectivity index (χ2n) is 6.65. The smallest absolute Gasteiger partial charge is 0.231 e. The van der Waals surface area contributed by atoms with E-state index in [2.05, 4.69) is 33.2 Å². The Morgan fingerprint density at radius 1 is 1.24 bits per heavy atom. The van der Waals surface area contributed by atoms with E-state index in [1.807, 2.05) is 49.6 Å². The Morgan fingerprint density at radius 2 is 2.07 bits per heavy atom. The molecule has 3 heterocycles. The van der Waals surface area contributed by atoms with Gasteiger partial charge in [-0.15, -0.1) is 0 Å². The molecule has 0 aliphatic carbocycles. The van der Waals surface area contributed by atoms with Gasteiger partial charge in [0.2, 0.25) is 6.79 Å². The molecule has 0 bridgehead atoms. The van der Waals surface area contributed by atoms with Crippen LogP contribution in [-0.2, 0) is 0 Å². The topological polar surface area (TPSA) is 59.5 Å². The van der Waals surface area contributed by atoms with Gasteiger partial charge in [0.15, 0.2) is 11.5 Å². The minimum absolute atomic E-state index is 0.248. The molecular formula is C21H22N4O2S2. The van der Waals surface area contributed by atoms with Gasteiger partial charge in [0.05, 0.1) is 11.2 Å². The fraction of sp³-hybridized carbons (Fsp3) is 0.238. The Kier molecular flexibility index (Phi) is 6.13. The van der Waals surface area contributed by atoms with Crippen molar-refractivity contribution >= 4 is 43.9 Å². The summed E-state index contributed by atoms with van der Waals surface area (Å²) in [7, 11) is 5.40. The number of fused-ring (bicyclic) bond motifs is 2. The normalized spacial score (nSPS) is 12.5. The molecule has 0 saturated carbocycles. The van der Waals surface area contributed by atoms with E-state index in [1.54, 1.807) is 21.8 Å². The minimum atomic E-state index is 0.248. The number of anilines is 1. The van der Waals surface area contributed by atoms with Crippen molar-refractivity contribution in [1.82, 2.24) is 14.3 Å². The molecule has 1 N–H and O–H groups in total. The second-order valence-corrected chi connectivity index (χ2v) is 8.96. The molecule has 1 aromatic carbocycles. The summed E-state index contributed by atoms with van der Waals surface area (Å²) < 4.78 is 13.2. The molecule has 8 heteroatoms. The molecule has 2 aromatic heterocycles. The summed E-state index contributed by atoms with van der Waals surface area (Å²) in [5.74, 6) is 1.49. The van der Waals surface area contributed by atoms with Gasteiger partial charge in [0.1, 0.15) is 5.03 Å². The Bertz CT molecular complexity index is 1030. The zero-order chi connectivity index (χ0) is 20.2. The third kappa shape index (κ3) is 4.60. The third-order valence-corrected chi connectivity index (χ3v) is 6.86. The molecule has 0 radical (unpaired) electrons. The number of ether oxygens (including phenoxy) is 2. The van der Waals surface area contributed by atoms with Gasteiger partial charge in [-0.3, -0.25) is 4.98 Å². The Balaban J connectivity index is 1.46. The van der Waals surface area contributed by atoms with E-state index in [0.717, 1.165) is 57.3 Å². The summed E-state index contributed by atoms with van der Waals surface area (Å²) in [6.07, 6.45) is 3.67. The van der Waals surface area contributed by atoms with Crippen LogP contribution in [-0.4, -0.2) is 41.2 Å². The van der Waals surface area contributed by atoms with E-state index < -0.39 is 0 Å². The molecule has 4 rings (SSSR count). The summed E-state index contributed by atoms with van der Waals surface area (Å²) in [4.78, 5) is 8.92. The SMILES string of the molecule is C=C(C)c1cnc2cc3c(cc2c1NCCN(C)SSc1ccccn1)OCO3. The van der Waals surface area contributed by atoms with E-state index in [4.69, 9.17) is 9.47 Å². The first-order chi connectivity index (χ1) is 14.1. The van der Waals surface area contributed by atoms with Crippen molar-refractivity contribution in [2.24, 2.45) is 0 Å². The lowest BCUT2D eigenvalue weighted by Crippen LogP contribution is -2.19. The molecule has 1 aliphatic heterocycles. The standard InChI is InChI=1S/C21H22N4O2S2/c1-14(2)16-12-24-17-11-19-18(26-13-27-19)10-15(17)21(16)23-8-9-25(3)29-28-20-6-4-5-7-22-20/h4-7,10-12H,1,8-9,13H2,2-3H3,(H,23,24).